The van der Waals surface area contributed by atoms with Crippen LogP contribution in [0.1, 0.15) is 6.92 Å². The van der Waals surface area contributed by atoms with E-state index in [-0.39, 0.29) is 0 Å². The fraction of sp³-hybridized carbons (Fsp3) is 0.0909. The predicted molar refractivity (Wildman–Crippen MR) is 52.4 cm³/mol. The second-order valence-corrected chi connectivity index (χ2v) is 1.99. The van der Waals surface area contributed by atoms with Gasteiger partial charge in [-0.15, -0.1) is 0 Å². The van der Waals surface area contributed by atoms with Crippen molar-refractivity contribution >= 4 is 0 Å². The zero-order chi connectivity index (χ0) is 8.53. The Bertz CT molecular complexity index is 202. The molecule has 0 atom stereocenters. The van der Waals surface area contributed by atoms with Crippen molar-refractivity contribution in [2.24, 2.45) is 0 Å². The van der Waals surface area contributed by atoms with Crippen molar-refractivity contribution in [3.05, 3.63) is 61.3 Å². The highest BCUT2D eigenvalue weighted by Gasteiger charge is 1.77. The summed E-state index contributed by atoms with van der Waals surface area (Å²) in [5.41, 5.74) is 1.07. The Morgan fingerprint density at radius 3 is 2.36 bits per heavy atom. The van der Waals surface area contributed by atoms with Gasteiger partial charge in [0.05, 0.1) is 0 Å². The van der Waals surface area contributed by atoms with E-state index in [2.05, 4.69) is 13.2 Å². The van der Waals surface area contributed by atoms with Crippen LogP contribution in [0.2, 0.25) is 0 Å². The third-order valence-corrected chi connectivity index (χ3v) is 1.14. The summed E-state index contributed by atoms with van der Waals surface area (Å²) < 4.78 is 0. The van der Waals surface area contributed by atoms with Crippen molar-refractivity contribution in [2.75, 3.05) is 0 Å². The van der Waals surface area contributed by atoms with Crippen molar-refractivity contribution in [2.45, 2.75) is 6.92 Å². The molecule has 0 spiro atoms. The molecule has 0 radical (unpaired) electrons. The van der Waals surface area contributed by atoms with E-state index in [9.17, 15) is 0 Å². The molecule has 0 fully saturated rings. The molecule has 0 aliphatic heterocycles. The SMILES string of the molecule is C=C/C=C(C=C)/C=C\C=C/C. The summed E-state index contributed by atoms with van der Waals surface area (Å²) in [7, 11) is 0. The Morgan fingerprint density at radius 1 is 1.18 bits per heavy atom. The monoisotopic (exact) mass is 146 g/mol. The molecule has 0 heteroatoms. The highest BCUT2D eigenvalue weighted by Crippen LogP contribution is 1.97. The number of allylic oxidation sites excluding steroid dienone is 8. The molecule has 0 rings (SSSR count). The maximum absolute atomic E-state index is 3.67. The van der Waals surface area contributed by atoms with Gasteiger partial charge >= 0.3 is 0 Å². The first kappa shape index (κ1) is 9.70. The zero-order valence-electron chi connectivity index (χ0n) is 6.96. The summed E-state index contributed by atoms with van der Waals surface area (Å²) in [4.78, 5) is 0. The molecular weight excluding hydrogens is 132 g/mol. The lowest BCUT2D eigenvalue weighted by atomic mass is 10.2. The van der Waals surface area contributed by atoms with Gasteiger partial charge in [0, 0.05) is 0 Å². The van der Waals surface area contributed by atoms with Gasteiger partial charge < -0.3 is 0 Å². The third-order valence-electron chi connectivity index (χ3n) is 1.14. The Hall–Kier alpha value is -1.30. The van der Waals surface area contributed by atoms with Crippen LogP contribution in [0, 0.1) is 0 Å². The van der Waals surface area contributed by atoms with Crippen molar-refractivity contribution in [1.82, 2.24) is 0 Å². The second kappa shape index (κ2) is 6.81. The molecular formula is C11H14. The van der Waals surface area contributed by atoms with Crippen LogP contribution in [-0.4, -0.2) is 0 Å². The predicted octanol–water partition coefficient (Wildman–Crippen LogP) is 3.42. The standard InChI is InChI=1S/C11H14/c1-4-7-8-10-11(6-3)9-5-2/h4-10H,2-3H2,1H3/b7-4-,10-8-,11-9+. The fourth-order valence-electron chi connectivity index (χ4n) is 0.605. The second-order valence-electron chi connectivity index (χ2n) is 1.99. The molecule has 0 aromatic heterocycles. The normalized spacial score (nSPS) is 12.6. The van der Waals surface area contributed by atoms with Crippen LogP contribution in [0.4, 0.5) is 0 Å². The van der Waals surface area contributed by atoms with Gasteiger partial charge in [-0.2, -0.15) is 0 Å². The van der Waals surface area contributed by atoms with E-state index in [4.69, 9.17) is 0 Å². The summed E-state index contributed by atoms with van der Waals surface area (Å²) in [6, 6.07) is 0. The van der Waals surface area contributed by atoms with Crippen molar-refractivity contribution in [1.29, 1.82) is 0 Å². The van der Waals surface area contributed by atoms with Crippen LogP contribution in [0.25, 0.3) is 0 Å². The summed E-state index contributed by atoms with van der Waals surface area (Å²) in [6.45, 7) is 9.25. The average Bonchev–Trinajstić information content (AvgIpc) is 2.03. The van der Waals surface area contributed by atoms with Gasteiger partial charge in [-0.25, -0.2) is 0 Å². The van der Waals surface area contributed by atoms with E-state index >= 15 is 0 Å². The summed E-state index contributed by atoms with van der Waals surface area (Å²) in [5, 5.41) is 0. The Labute approximate surface area is 68.9 Å². The smallest absolute Gasteiger partial charge is 0.0263 e. The lowest BCUT2D eigenvalue weighted by Gasteiger charge is -1.86. The minimum atomic E-state index is 1.07. The molecule has 0 aromatic carbocycles. The van der Waals surface area contributed by atoms with Crippen LogP contribution >= 0.6 is 0 Å². The minimum absolute atomic E-state index is 1.07. The summed E-state index contributed by atoms with van der Waals surface area (Å²) in [6.07, 6.45) is 13.4. The molecule has 11 heavy (non-hydrogen) atoms. The van der Waals surface area contributed by atoms with Crippen molar-refractivity contribution in [3.63, 3.8) is 0 Å². The molecule has 0 saturated heterocycles. The van der Waals surface area contributed by atoms with Crippen molar-refractivity contribution in [3.8, 4) is 0 Å². The van der Waals surface area contributed by atoms with Gasteiger partial charge in [0.2, 0.25) is 0 Å². The highest BCUT2D eigenvalue weighted by atomic mass is 13.8. The molecule has 0 N–H and O–H groups in total. The van der Waals surface area contributed by atoms with E-state index in [0.717, 1.165) is 5.57 Å². The Kier molecular flexibility index (Phi) is 6.01. The first-order valence-electron chi connectivity index (χ1n) is 3.59. The number of hydrogen-bond donors (Lipinski definition) is 0. The van der Waals surface area contributed by atoms with Gasteiger partial charge in [-0.1, -0.05) is 55.7 Å². The van der Waals surface area contributed by atoms with Crippen LogP contribution < -0.4 is 0 Å². The molecule has 0 unspecified atom stereocenters. The van der Waals surface area contributed by atoms with E-state index in [1.165, 1.54) is 0 Å². The Balaban J connectivity index is 4.18. The van der Waals surface area contributed by atoms with Gasteiger partial charge in [-0.3, -0.25) is 0 Å². The van der Waals surface area contributed by atoms with Crippen LogP contribution in [-0.2, 0) is 0 Å². The first-order chi connectivity index (χ1) is 5.35. The average molecular weight is 146 g/mol. The van der Waals surface area contributed by atoms with E-state index in [1.54, 1.807) is 12.2 Å². The summed E-state index contributed by atoms with van der Waals surface area (Å²) >= 11 is 0. The lowest BCUT2D eigenvalue weighted by Crippen LogP contribution is -1.66. The van der Waals surface area contributed by atoms with Crippen LogP contribution in [0.3, 0.4) is 0 Å². The fourth-order valence-corrected chi connectivity index (χ4v) is 0.605. The van der Waals surface area contributed by atoms with Crippen LogP contribution in [0.5, 0.6) is 0 Å². The highest BCUT2D eigenvalue weighted by molar-refractivity contribution is 5.33. The molecule has 0 aliphatic carbocycles. The maximum Gasteiger partial charge on any atom is -0.0263 e. The molecule has 0 nitrogen and oxygen atoms in total. The molecule has 0 saturated carbocycles. The third kappa shape index (κ3) is 5.16. The molecule has 0 aromatic rings. The lowest BCUT2D eigenvalue weighted by molar-refractivity contribution is 1.67. The molecule has 0 heterocycles. The number of rotatable bonds is 4. The van der Waals surface area contributed by atoms with E-state index in [1.807, 2.05) is 37.3 Å². The van der Waals surface area contributed by atoms with Gasteiger partial charge in [-0.05, 0) is 12.5 Å². The maximum atomic E-state index is 3.67. The quantitative estimate of drug-likeness (QED) is 0.533. The molecule has 0 bridgehead atoms. The van der Waals surface area contributed by atoms with Gasteiger partial charge in [0.1, 0.15) is 0 Å². The topological polar surface area (TPSA) is 0 Å². The number of hydrogen-bond acceptors (Lipinski definition) is 0. The molecule has 0 aliphatic rings. The summed E-state index contributed by atoms with van der Waals surface area (Å²) in [5.74, 6) is 0. The Morgan fingerprint density at radius 2 is 1.91 bits per heavy atom. The van der Waals surface area contributed by atoms with Crippen LogP contribution in [0.15, 0.2) is 61.3 Å². The minimum Gasteiger partial charge on any atom is -0.0990 e. The molecule has 58 valence electrons. The largest absolute Gasteiger partial charge is 0.0990 e. The van der Waals surface area contributed by atoms with E-state index in [0.29, 0.717) is 0 Å². The van der Waals surface area contributed by atoms with Gasteiger partial charge in [0.25, 0.3) is 0 Å². The van der Waals surface area contributed by atoms with E-state index < -0.39 is 0 Å². The first-order valence-corrected chi connectivity index (χ1v) is 3.59. The molecule has 0 amide bonds. The zero-order valence-corrected chi connectivity index (χ0v) is 6.96. The van der Waals surface area contributed by atoms with Gasteiger partial charge in [0.15, 0.2) is 0 Å². The van der Waals surface area contributed by atoms with Crippen molar-refractivity contribution < 1.29 is 0 Å².